The molecule has 0 aromatic heterocycles. The van der Waals surface area contributed by atoms with Crippen LogP contribution in [0.1, 0.15) is 6.42 Å². The molecule has 2 atom stereocenters. The van der Waals surface area contributed by atoms with Crippen LogP contribution in [0.25, 0.3) is 0 Å². The highest BCUT2D eigenvalue weighted by molar-refractivity contribution is 9.11. The third kappa shape index (κ3) is 2.86. The van der Waals surface area contributed by atoms with Gasteiger partial charge in [-0.05, 0) is 6.42 Å². The first-order valence-corrected chi connectivity index (χ1v) is 4.80. The third-order valence-electron chi connectivity index (χ3n) is 2.03. The van der Waals surface area contributed by atoms with Gasteiger partial charge in [-0.25, -0.2) is 0 Å². The lowest BCUT2D eigenvalue weighted by molar-refractivity contribution is -0.0355. The molecule has 1 aliphatic heterocycles. The van der Waals surface area contributed by atoms with Crippen molar-refractivity contribution >= 4 is 15.9 Å². The summed E-state index contributed by atoms with van der Waals surface area (Å²) in [6.07, 6.45) is -0.517. The molecule has 70 valence electrons. The van der Waals surface area contributed by atoms with Gasteiger partial charge in [-0.1, -0.05) is 22.5 Å². The Balaban J connectivity index is 2.35. The van der Waals surface area contributed by atoms with Crippen LogP contribution in [0, 0.1) is 0 Å². The molecule has 1 aliphatic rings. The number of rotatable bonds is 2. The minimum atomic E-state index is -0.606. The van der Waals surface area contributed by atoms with Crippen molar-refractivity contribution in [3.8, 4) is 0 Å². The lowest BCUT2D eigenvalue weighted by Crippen LogP contribution is -2.46. The third-order valence-corrected chi connectivity index (χ3v) is 2.28. The second-order valence-corrected chi connectivity index (χ2v) is 4.30. The lowest BCUT2D eigenvalue weighted by Gasteiger charge is -2.33. The van der Waals surface area contributed by atoms with E-state index in [9.17, 15) is 10.2 Å². The lowest BCUT2D eigenvalue weighted by atomic mass is 10.1. The fourth-order valence-corrected chi connectivity index (χ4v) is 1.73. The molecule has 4 heteroatoms. The summed E-state index contributed by atoms with van der Waals surface area (Å²) in [5.74, 6) is 0. The summed E-state index contributed by atoms with van der Waals surface area (Å²) >= 11 is 3.26. The monoisotopic (exact) mass is 235 g/mol. The Hall–Kier alpha value is 0.1000. The van der Waals surface area contributed by atoms with Gasteiger partial charge in [0, 0.05) is 24.1 Å². The maximum Gasteiger partial charge on any atom is 0.0926 e. The summed E-state index contributed by atoms with van der Waals surface area (Å²) in [7, 11) is 0. The molecule has 0 spiro atoms. The van der Waals surface area contributed by atoms with Crippen molar-refractivity contribution in [3.05, 3.63) is 11.1 Å². The standard InChI is InChI=1S/C8H14BrNO2/c1-6(9)4-10-3-2-7(11)8(12)5-10/h7-8,11-12H,1-5H2/t7-,8+/m1/s1. The SMILES string of the molecule is C=C(Br)CN1CC[C@@H](O)[C@@H](O)C1. The average molecular weight is 236 g/mol. The minimum absolute atomic E-state index is 0.534. The molecule has 0 saturated carbocycles. The van der Waals surface area contributed by atoms with Gasteiger partial charge in [-0.15, -0.1) is 0 Å². The second kappa shape index (κ2) is 4.37. The number of piperidine rings is 1. The molecule has 0 aromatic rings. The Morgan fingerprint density at radius 1 is 1.50 bits per heavy atom. The molecule has 0 amide bonds. The molecule has 1 heterocycles. The summed E-state index contributed by atoms with van der Waals surface area (Å²) in [6, 6.07) is 0. The molecule has 0 unspecified atom stereocenters. The van der Waals surface area contributed by atoms with Crippen molar-refractivity contribution in [2.75, 3.05) is 19.6 Å². The summed E-state index contributed by atoms with van der Waals surface area (Å²) < 4.78 is 0.908. The highest BCUT2D eigenvalue weighted by atomic mass is 79.9. The van der Waals surface area contributed by atoms with Crippen molar-refractivity contribution < 1.29 is 10.2 Å². The van der Waals surface area contributed by atoms with Gasteiger partial charge in [0.05, 0.1) is 12.2 Å². The van der Waals surface area contributed by atoms with Gasteiger partial charge in [0.25, 0.3) is 0 Å². The predicted octanol–water partition coefficient (Wildman–Crippen LogP) is 0.322. The largest absolute Gasteiger partial charge is 0.390 e. The molecule has 1 fully saturated rings. The fraction of sp³-hybridized carbons (Fsp3) is 0.750. The molecule has 0 aromatic carbocycles. The molecular formula is C8H14BrNO2. The fourth-order valence-electron chi connectivity index (χ4n) is 1.37. The van der Waals surface area contributed by atoms with Crippen LogP contribution in [0.4, 0.5) is 0 Å². The Morgan fingerprint density at radius 3 is 2.67 bits per heavy atom. The number of β-amino-alcohol motifs (C(OH)–C–C–N with tert-alkyl or cyclic N) is 1. The van der Waals surface area contributed by atoms with Crippen molar-refractivity contribution in [2.24, 2.45) is 0 Å². The number of aliphatic hydroxyl groups excluding tert-OH is 2. The van der Waals surface area contributed by atoms with Crippen LogP contribution in [-0.2, 0) is 0 Å². The van der Waals surface area contributed by atoms with E-state index >= 15 is 0 Å². The second-order valence-electron chi connectivity index (χ2n) is 3.18. The van der Waals surface area contributed by atoms with Crippen molar-refractivity contribution in [1.82, 2.24) is 4.90 Å². The molecule has 2 N–H and O–H groups in total. The summed E-state index contributed by atoms with van der Waals surface area (Å²) in [5.41, 5.74) is 0. The van der Waals surface area contributed by atoms with E-state index < -0.39 is 12.2 Å². The molecular weight excluding hydrogens is 222 g/mol. The van der Waals surface area contributed by atoms with E-state index in [2.05, 4.69) is 27.4 Å². The first-order chi connectivity index (χ1) is 5.59. The molecule has 0 bridgehead atoms. The van der Waals surface area contributed by atoms with Crippen molar-refractivity contribution in [3.63, 3.8) is 0 Å². The maximum atomic E-state index is 9.32. The highest BCUT2D eigenvalue weighted by Gasteiger charge is 2.25. The Bertz CT molecular complexity index is 174. The van der Waals surface area contributed by atoms with E-state index in [0.29, 0.717) is 13.0 Å². The highest BCUT2D eigenvalue weighted by Crippen LogP contribution is 2.13. The number of hydrogen-bond acceptors (Lipinski definition) is 3. The molecule has 1 saturated heterocycles. The maximum absolute atomic E-state index is 9.32. The van der Waals surface area contributed by atoms with E-state index in [4.69, 9.17) is 0 Å². The van der Waals surface area contributed by atoms with Gasteiger partial charge in [-0.3, -0.25) is 4.90 Å². The molecule has 3 nitrogen and oxygen atoms in total. The Kier molecular flexibility index (Phi) is 3.71. The van der Waals surface area contributed by atoms with E-state index in [1.54, 1.807) is 0 Å². The van der Waals surface area contributed by atoms with Crippen LogP contribution in [-0.4, -0.2) is 47.0 Å². The predicted molar refractivity (Wildman–Crippen MR) is 51.1 cm³/mol. The van der Waals surface area contributed by atoms with E-state index in [-0.39, 0.29) is 0 Å². The van der Waals surface area contributed by atoms with Gasteiger partial charge in [0.1, 0.15) is 0 Å². The van der Waals surface area contributed by atoms with Gasteiger partial charge < -0.3 is 10.2 Å². The normalized spacial score (nSPS) is 31.9. The average Bonchev–Trinajstić information content (AvgIpc) is 1.96. The zero-order valence-electron chi connectivity index (χ0n) is 6.91. The van der Waals surface area contributed by atoms with Crippen LogP contribution < -0.4 is 0 Å². The van der Waals surface area contributed by atoms with E-state index in [1.807, 2.05) is 0 Å². The zero-order valence-corrected chi connectivity index (χ0v) is 8.50. The summed E-state index contributed by atoms with van der Waals surface area (Å²) in [4.78, 5) is 2.06. The number of likely N-dealkylation sites (tertiary alicyclic amines) is 1. The molecule has 0 aliphatic carbocycles. The first-order valence-electron chi connectivity index (χ1n) is 4.01. The summed E-state index contributed by atoms with van der Waals surface area (Å²) in [5, 5.41) is 18.5. The first kappa shape index (κ1) is 10.2. The van der Waals surface area contributed by atoms with E-state index in [1.165, 1.54) is 0 Å². The number of halogens is 1. The smallest absolute Gasteiger partial charge is 0.0926 e. The Morgan fingerprint density at radius 2 is 2.17 bits per heavy atom. The number of nitrogens with zero attached hydrogens (tertiary/aromatic N) is 1. The minimum Gasteiger partial charge on any atom is -0.390 e. The number of hydrogen-bond donors (Lipinski definition) is 2. The van der Waals surface area contributed by atoms with Crippen LogP contribution in [0.15, 0.2) is 11.1 Å². The van der Waals surface area contributed by atoms with Gasteiger partial charge in [0.15, 0.2) is 0 Å². The molecule has 0 radical (unpaired) electrons. The number of aliphatic hydroxyl groups is 2. The van der Waals surface area contributed by atoms with Crippen molar-refractivity contribution in [1.29, 1.82) is 0 Å². The van der Waals surface area contributed by atoms with Crippen LogP contribution in [0.2, 0.25) is 0 Å². The topological polar surface area (TPSA) is 43.7 Å². The van der Waals surface area contributed by atoms with Gasteiger partial charge >= 0.3 is 0 Å². The van der Waals surface area contributed by atoms with Crippen LogP contribution in [0.5, 0.6) is 0 Å². The zero-order chi connectivity index (χ0) is 9.14. The Labute approximate surface area is 80.8 Å². The molecule has 12 heavy (non-hydrogen) atoms. The van der Waals surface area contributed by atoms with E-state index in [0.717, 1.165) is 17.6 Å². The van der Waals surface area contributed by atoms with Crippen molar-refractivity contribution in [2.45, 2.75) is 18.6 Å². The summed E-state index contributed by atoms with van der Waals surface area (Å²) in [6.45, 7) is 5.82. The van der Waals surface area contributed by atoms with Gasteiger partial charge in [0.2, 0.25) is 0 Å². The van der Waals surface area contributed by atoms with Crippen LogP contribution in [0.3, 0.4) is 0 Å². The van der Waals surface area contributed by atoms with Crippen LogP contribution >= 0.6 is 15.9 Å². The molecule has 1 rings (SSSR count). The quantitative estimate of drug-likeness (QED) is 0.725. The van der Waals surface area contributed by atoms with Gasteiger partial charge in [-0.2, -0.15) is 0 Å².